The normalized spacial score (nSPS) is 24.2. The first-order valence-electron chi connectivity index (χ1n) is 6.65. The molecular formula is C13H25NO2. The minimum atomic E-state index is -0.616. The van der Waals surface area contributed by atoms with Gasteiger partial charge in [0.15, 0.2) is 0 Å². The summed E-state index contributed by atoms with van der Waals surface area (Å²) in [6.45, 7) is 6.28. The maximum absolute atomic E-state index is 11.0. The number of rotatable bonds is 6. The minimum Gasteiger partial charge on any atom is -0.481 e. The Hall–Kier alpha value is -0.570. The van der Waals surface area contributed by atoms with E-state index in [0.29, 0.717) is 6.04 Å². The molecule has 1 saturated heterocycles. The van der Waals surface area contributed by atoms with Gasteiger partial charge in [-0.15, -0.1) is 0 Å². The highest BCUT2D eigenvalue weighted by Gasteiger charge is 2.28. The molecule has 0 saturated carbocycles. The van der Waals surface area contributed by atoms with Crippen molar-refractivity contribution in [3.8, 4) is 0 Å². The average Bonchev–Trinajstić information content (AvgIpc) is 2.30. The number of likely N-dealkylation sites (tertiary alicyclic amines) is 1. The van der Waals surface area contributed by atoms with Gasteiger partial charge in [0.05, 0.1) is 5.92 Å². The van der Waals surface area contributed by atoms with Crippen LogP contribution in [0.25, 0.3) is 0 Å². The molecular weight excluding hydrogens is 202 g/mol. The summed E-state index contributed by atoms with van der Waals surface area (Å²) < 4.78 is 0. The van der Waals surface area contributed by atoms with Crippen LogP contribution in [0.4, 0.5) is 0 Å². The van der Waals surface area contributed by atoms with E-state index < -0.39 is 5.97 Å². The van der Waals surface area contributed by atoms with Crippen molar-refractivity contribution in [2.24, 2.45) is 5.92 Å². The van der Waals surface area contributed by atoms with Crippen molar-refractivity contribution in [1.82, 2.24) is 4.90 Å². The number of carbonyl (C=O) groups is 1. The molecule has 2 unspecified atom stereocenters. The van der Waals surface area contributed by atoms with E-state index >= 15 is 0 Å². The second kappa shape index (κ2) is 6.89. The molecule has 0 amide bonds. The van der Waals surface area contributed by atoms with Crippen LogP contribution in [0.15, 0.2) is 0 Å². The fourth-order valence-electron chi connectivity index (χ4n) is 2.62. The number of piperidine rings is 1. The van der Waals surface area contributed by atoms with Gasteiger partial charge in [-0.2, -0.15) is 0 Å². The molecule has 0 bridgehead atoms. The van der Waals surface area contributed by atoms with Gasteiger partial charge in [-0.05, 0) is 32.2 Å². The van der Waals surface area contributed by atoms with Crippen molar-refractivity contribution in [3.05, 3.63) is 0 Å². The van der Waals surface area contributed by atoms with Crippen LogP contribution >= 0.6 is 0 Å². The van der Waals surface area contributed by atoms with Gasteiger partial charge in [0, 0.05) is 12.6 Å². The number of carboxylic acids is 1. The molecule has 1 aliphatic heterocycles. The Morgan fingerprint density at radius 2 is 2.25 bits per heavy atom. The van der Waals surface area contributed by atoms with Crippen LogP contribution in [0.2, 0.25) is 0 Å². The molecule has 16 heavy (non-hydrogen) atoms. The summed E-state index contributed by atoms with van der Waals surface area (Å²) in [6, 6.07) is 0.599. The van der Waals surface area contributed by atoms with E-state index in [1.165, 1.54) is 19.3 Å². The molecule has 0 spiro atoms. The third kappa shape index (κ3) is 3.78. The zero-order valence-electron chi connectivity index (χ0n) is 10.6. The van der Waals surface area contributed by atoms with Gasteiger partial charge in [0.2, 0.25) is 0 Å². The number of nitrogens with zero attached hydrogens (tertiary/aromatic N) is 1. The van der Waals surface area contributed by atoms with E-state index in [2.05, 4.69) is 18.7 Å². The first-order valence-corrected chi connectivity index (χ1v) is 6.65. The monoisotopic (exact) mass is 227 g/mol. The Bertz CT molecular complexity index is 218. The second-order valence-corrected chi connectivity index (χ2v) is 4.88. The third-order valence-electron chi connectivity index (χ3n) is 3.68. The fraction of sp³-hybridized carbons (Fsp3) is 0.923. The van der Waals surface area contributed by atoms with Crippen molar-refractivity contribution in [2.45, 2.75) is 58.4 Å². The molecule has 2 atom stereocenters. The van der Waals surface area contributed by atoms with Gasteiger partial charge in [-0.3, -0.25) is 9.69 Å². The summed E-state index contributed by atoms with van der Waals surface area (Å²) in [4.78, 5) is 13.4. The molecule has 0 aromatic rings. The van der Waals surface area contributed by atoms with E-state index in [9.17, 15) is 4.79 Å². The van der Waals surface area contributed by atoms with Crippen molar-refractivity contribution in [2.75, 3.05) is 13.1 Å². The van der Waals surface area contributed by atoms with Crippen LogP contribution in [-0.4, -0.2) is 35.1 Å². The molecule has 1 rings (SSSR count). The zero-order valence-corrected chi connectivity index (χ0v) is 10.6. The van der Waals surface area contributed by atoms with Gasteiger partial charge in [0.25, 0.3) is 0 Å². The molecule has 1 N–H and O–H groups in total. The van der Waals surface area contributed by atoms with Crippen molar-refractivity contribution >= 4 is 5.97 Å². The highest BCUT2D eigenvalue weighted by molar-refractivity contribution is 5.70. The molecule has 1 fully saturated rings. The standard InChI is InChI=1S/C13H25NO2/c1-3-5-8-12(4-2)14-9-6-7-11(10-14)13(15)16/h11-12H,3-10H2,1-2H3,(H,15,16). The van der Waals surface area contributed by atoms with Crippen LogP contribution in [-0.2, 0) is 4.79 Å². The quantitative estimate of drug-likeness (QED) is 0.758. The first-order chi connectivity index (χ1) is 7.69. The number of aliphatic carboxylic acids is 1. The number of hydrogen-bond acceptors (Lipinski definition) is 2. The Morgan fingerprint density at radius 3 is 2.81 bits per heavy atom. The van der Waals surface area contributed by atoms with Crippen LogP contribution in [0, 0.1) is 5.92 Å². The van der Waals surface area contributed by atoms with E-state index in [1.54, 1.807) is 0 Å². The maximum Gasteiger partial charge on any atom is 0.307 e. The molecule has 1 heterocycles. The molecule has 0 aromatic carbocycles. The predicted octanol–water partition coefficient (Wildman–Crippen LogP) is 2.75. The number of hydrogen-bond donors (Lipinski definition) is 1. The van der Waals surface area contributed by atoms with Crippen LogP contribution in [0.3, 0.4) is 0 Å². The second-order valence-electron chi connectivity index (χ2n) is 4.88. The Kier molecular flexibility index (Phi) is 5.81. The summed E-state index contributed by atoms with van der Waals surface area (Å²) >= 11 is 0. The zero-order chi connectivity index (χ0) is 12.0. The summed E-state index contributed by atoms with van der Waals surface area (Å²) in [5.74, 6) is -0.750. The molecule has 1 aliphatic rings. The predicted molar refractivity (Wildman–Crippen MR) is 65.5 cm³/mol. The third-order valence-corrected chi connectivity index (χ3v) is 3.68. The van der Waals surface area contributed by atoms with Crippen molar-refractivity contribution in [3.63, 3.8) is 0 Å². The first kappa shape index (κ1) is 13.5. The summed E-state index contributed by atoms with van der Waals surface area (Å²) in [5, 5.41) is 9.06. The Balaban J connectivity index is 2.46. The van der Waals surface area contributed by atoms with Gasteiger partial charge >= 0.3 is 5.97 Å². The summed E-state index contributed by atoms with van der Waals surface area (Å²) in [7, 11) is 0. The number of carboxylic acid groups (broad SMARTS) is 1. The minimum absolute atomic E-state index is 0.135. The van der Waals surface area contributed by atoms with Crippen LogP contribution < -0.4 is 0 Å². The summed E-state index contributed by atoms with van der Waals surface area (Å²) in [6.07, 6.45) is 6.75. The lowest BCUT2D eigenvalue weighted by atomic mass is 9.95. The van der Waals surface area contributed by atoms with Crippen LogP contribution in [0.1, 0.15) is 52.4 Å². The van der Waals surface area contributed by atoms with E-state index in [1.807, 2.05) is 0 Å². The Labute approximate surface area is 98.8 Å². The smallest absolute Gasteiger partial charge is 0.307 e. The van der Waals surface area contributed by atoms with Crippen molar-refractivity contribution in [1.29, 1.82) is 0 Å². The highest BCUT2D eigenvalue weighted by atomic mass is 16.4. The molecule has 0 aromatic heterocycles. The molecule has 0 aliphatic carbocycles. The van der Waals surface area contributed by atoms with E-state index in [0.717, 1.165) is 32.4 Å². The lowest BCUT2D eigenvalue weighted by Crippen LogP contribution is -2.44. The fourth-order valence-corrected chi connectivity index (χ4v) is 2.62. The molecule has 94 valence electrons. The molecule has 0 radical (unpaired) electrons. The Morgan fingerprint density at radius 1 is 1.50 bits per heavy atom. The van der Waals surface area contributed by atoms with Gasteiger partial charge in [-0.25, -0.2) is 0 Å². The molecule has 3 heteroatoms. The van der Waals surface area contributed by atoms with Gasteiger partial charge in [-0.1, -0.05) is 26.7 Å². The number of unbranched alkanes of at least 4 members (excludes halogenated alkanes) is 1. The van der Waals surface area contributed by atoms with Gasteiger partial charge < -0.3 is 5.11 Å². The van der Waals surface area contributed by atoms with Gasteiger partial charge in [0.1, 0.15) is 0 Å². The van der Waals surface area contributed by atoms with Crippen molar-refractivity contribution < 1.29 is 9.90 Å². The van der Waals surface area contributed by atoms with Crippen LogP contribution in [0.5, 0.6) is 0 Å². The highest BCUT2D eigenvalue weighted by Crippen LogP contribution is 2.22. The lowest BCUT2D eigenvalue weighted by Gasteiger charge is -2.36. The summed E-state index contributed by atoms with van der Waals surface area (Å²) in [5.41, 5.74) is 0. The SMILES string of the molecule is CCCCC(CC)N1CCCC(C(=O)O)C1. The van der Waals surface area contributed by atoms with E-state index in [4.69, 9.17) is 5.11 Å². The van der Waals surface area contributed by atoms with E-state index in [-0.39, 0.29) is 5.92 Å². The largest absolute Gasteiger partial charge is 0.481 e. The lowest BCUT2D eigenvalue weighted by molar-refractivity contribution is -0.144. The maximum atomic E-state index is 11.0. The molecule has 3 nitrogen and oxygen atoms in total. The topological polar surface area (TPSA) is 40.5 Å². The average molecular weight is 227 g/mol.